The Morgan fingerprint density at radius 3 is 2.57 bits per heavy atom. The van der Waals surface area contributed by atoms with Crippen LogP contribution in [0.2, 0.25) is 0 Å². The van der Waals surface area contributed by atoms with Crippen LogP contribution in [-0.2, 0) is 13.6 Å². The van der Waals surface area contributed by atoms with Crippen molar-refractivity contribution in [3.63, 3.8) is 0 Å². The van der Waals surface area contributed by atoms with E-state index in [0.29, 0.717) is 5.41 Å². The molecule has 4 heteroatoms. The van der Waals surface area contributed by atoms with Crippen molar-refractivity contribution in [1.82, 2.24) is 15.1 Å². The Balaban J connectivity index is 2.19. The first-order valence-electron chi connectivity index (χ1n) is 8.26. The van der Waals surface area contributed by atoms with Crippen molar-refractivity contribution >= 4 is 5.82 Å². The van der Waals surface area contributed by atoms with Crippen LogP contribution in [-0.4, -0.2) is 29.9 Å². The number of aryl methyl sites for hydroxylation is 2. The lowest BCUT2D eigenvalue weighted by Gasteiger charge is -2.30. The number of aromatic nitrogens is 2. The molecule has 1 N–H and O–H groups in total. The summed E-state index contributed by atoms with van der Waals surface area (Å²) in [6.07, 6.45) is 3.91. The molecule has 2 rings (SSSR count). The molecule has 1 aromatic heterocycles. The fourth-order valence-electron chi connectivity index (χ4n) is 3.64. The molecule has 0 aromatic carbocycles. The van der Waals surface area contributed by atoms with E-state index >= 15 is 0 Å². The molecule has 1 aromatic rings. The molecule has 1 fully saturated rings. The zero-order valence-electron chi connectivity index (χ0n) is 14.7. The zero-order valence-corrected chi connectivity index (χ0v) is 14.7. The van der Waals surface area contributed by atoms with E-state index in [1.165, 1.54) is 30.6 Å². The van der Waals surface area contributed by atoms with Crippen LogP contribution in [0.4, 0.5) is 5.82 Å². The summed E-state index contributed by atoms with van der Waals surface area (Å²) in [5, 5.41) is 7.92. The quantitative estimate of drug-likeness (QED) is 0.929. The predicted molar refractivity (Wildman–Crippen MR) is 89.7 cm³/mol. The third kappa shape index (κ3) is 3.60. The number of nitrogens with one attached hydrogen (secondary N) is 1. The van der Waals surface area contributed by atoms with E-state index in [4.69, 9.17) is 0 Å². The second kappa shape index (κ2) is 6.39. The topological polar surface area (TPSA) is 33.1 Å². The molecule has 0 bridgehead atoms. The van der Waals surface area contributed by atoms with Gasteiger partial charge >= 0.3 is 0 Å². The number of anilines is 1. The summed E-state index contributed by atoms with van der Waals surface area (Å²) in [5.74, 6) is 2.14. The smallest absolute Gasteiger partial charge is 0.131 e. The second-order valence-corrected chi connectivity index (χ2v) is 7.52. The molecule has 0 radical (unpaired) electrons. The second-order valence-electron chi connectivity index (χ2n) is 7.52. The lowest BCUT2D eigenvalue weighted by atomic mass is 9.77. The molecule has 120 valence electrons. The maximum atomic E-state index is 4.64. The molecule has 1 aliphatic heterocycles. The molecular weight excluding hydrogens is 260 g/mol. The molecule has 0 amide bonds. The minimum atomic E-state index is 0.423. The Morgan fingerprint density at radius 1 is 1.24 bits per heavy atom. The Kier molecular flexibility index (Phi) is 4.97. The fourth-order valence-corrected chi connectivity index (χ4v) is 3.64. The first kappa shape index (κ1) is 16.3. The molecule has 21 heavy (non-hydrogen) atoms. The summed E-state index contributed by atoms with van der Waals surface area (Å²) < 4.78 is 2.07. The maximum absolute atomic E-state index is 4.64. The molecule has 1 unspecified atom stereocenters. The van der Waals surface area contributed by atoms with Crippen molar-refractivity contribution in [3.05, 3.63) is 11.3 Å². The molecule has 0 spiro atoms. The molecule has 0 aliphatic carbocycles. The summed E-state index contributed by atoms with van der Waals surface area (Å²) in [6.45, 7) is 12.5. The van der Waals surface area contributed by atoms with Gasteiger partial charge in [-0.05, 0) is 44.6 Å². The van der Waals surface area contributed by atoms with Gasteiger partial charge in [-0.25, -0.2) is 0 Å². The zero-order chi connectivity index (χ0) is 15.6. The first-order valence-corrected chi connectivity index (χ1v) is 8.26. The summed E-state index contributed by atoms with van der Waals surface area (Å²) in [6, 6.07) is 0. The van der Waals surface area contributed by atoms with Gasteiger partial charge in [0.25, 0.3) is 0 Å². The average Bonchev–Trinajstić information content (AvgIpc) is 2.57. The monoisotopic (exact) mass is 292 g/mol. The van der Waals surface area contributed by atoms with Crippen LogP contribution in [0.5, 0.6) is 0 Å². The van der Waals surface area contributed by atoms with Crippen LogP contribution >= 0.6 is 0 Å². The largest absolute Gasteiger partial charge is 0.357 e. The van der Waals surface area contributed by atoms with Crippen molar-refractivity contribution < 1.29 is 0 Å². The van der Waals surface area contributed by atoms with Crippen molar-refractivity contribution in [2.45, 2.75) is 53.5 Å². The number of rotatable bonds is 3. The normalized spacial score (nSPS) is 20.7. The van der Waals surface area contributed by atoms with Gasteiger partial charge in [-0.15, -0.1) is 0 Å². The predicted octanol–water partition coefficient (Wildman–Crippen LogP) is 3.10. The lowest BCUT2D eigenvalue weighted by molar-refractivity contribution is 0.220. The van der Waals surface area contributed by atoms with E-state index in [0.717, 1.165) is 31.2 Å². The molecule has 1 saturated heterocycles. The fraction of sp³-hybridized carbons (Fsp3) is 0.824. The standard InChI is InChI=1S/C17H32N4/c1-13-15(12-18-5)16(20(6)19-13)21-10-7-8-14(9-11-21)17(2,3)4/h14,18H,7-12H2,1-6H3. The van der Waals surface area contributed by atoms with E-state index in [2.05, 4.69) is 54.7 Å². The Hall–Kier alpha value is -1.03. The average molecular weight is 292 g/mol. The SMILES string of the molecule is CNCc1c(C)nn(C)c1N1CCCC(C(C)(C)C)CC1. The van der Waals surface area contributed by atoms with Gasteiger partial charge in [0, 0.05) is 32.2 Å². The minimum absolute atomic E-state index is 0.423. The van der Waals surface area contributed by atoms with E-state index in [1.807, 2.05) is 7.05 Å². The highest BCUT2D eigenvalue weighted by Crippen LogP contribution is 2.36. The van der Waals surface area contributed by atoms with Gasteiger partial charge in [0.1, 0.15) is 5.82 Å². The lowest BCUT2D eigenvalue weighted by Crippen LogP contribution is -2.29. The molecule has 0 saturated carbocycles. The van der Waals surface area contributed by atoms with Crippen molar-refractivity contribution in [1.29, 1.82) is 0 Å². The van der Waals surface area contributed by atoms with Crippen molar-refractivity contribution in [3.8, 4) is 0 Å². The minimum Gasteiger partial charge on any atom is -0.357 e. The van der Waals surface area contributed by atoms with Crippen molar-refractivity contribution in [2.24, 2.45) is 18.4 Å². The summed E-state index contributed by atoms with van der Waals surface area (Å²) in [7, 11) is 4.09. The highest BCUT2D eigenvalue weighted by atomic mass is 15.4. The highest BCUT2D eigenvalue weighted by molar-refractivity contribution is 5.50. The van der Waals surface area contributed by atoms with E-state index in [1.54, 1.807) is 0 Å². The third-order valence-corrected chi connectivity index (χ3v) is 4.92. The molecule has 4 nitrogen and oxygen atoms in total. The van der Waals surface area contributed by atoms with Crippen LogP contribution in [0.25, 0.3) is 0 Å². The third-order valence-electron chi connectivity index (χ3n) is 4.92. The van der Waals surface area contributed by atoms with Gasteiger partial charge in [-0.1, -0.05) is 20.8 Å². The van der Waals surface area contributed by atoms with E-state index in [-0.39, 0.29) is 0 Å². The molecule has 1 aliphatic rings. The van der Waals surface area contributed by atoms with Gasteiger partial charge in [0.15, 0.2) is 0 Å². The molecule has 2 heterocycles. The summed E-state index contributed by atoms with van der Waals surface area (Å²) in [5.41, 5.74) is 2.93. The van der Waals surface area contributed by atoms with Gasteiger partial charge in [-0.3, -0.25) is 4.68 Å². The number of hydrogen-bond donors (Lipinski definition) is 1. The van der Waals surface area contributed by atoms with Gasteiger partial charge in [0.2, 0.25) is 0 Å². The summed E-state index contributed by atoms with van der Waals surface area (Å²) >= 11 is 0. The van der Waals surface area contributed by atoms with Gasteiger partial charge in [-0.2, -0.15) is 5.10 Å². The first-order chi connectivity index (χ1) is 9.84. The Bertz CT molecular complexity index is 470. The highest BCUT2D eigenvalue weighted by Gasteiger charge is 2.28. The van der Waals surface area contributed by atoms with E-state index < -0.39 is 0 Å². The Labute approximate surface area is 129 Å². The van der Waals surface area contributed by atoms with Crippen LogP contribution in [0.15, 0.2) is 0 Å². The Morgan fingerprint density at radius 2 is 1.95 bits per heavy atom. The van der Waals surface area contributed by atoms with Gasteiger partial charge < -0.3 is 10.2 Å². The number of nitrogens with zero attached hydrogens (tertiary/aromatic N) is 3. The van der Waals surface area contributed by atoms with Crippen LogP contribution in [0.3, 0.4) is 0 Å². The van der Waals surface area contributed by atoms with Gasteiger partial charge in [0.05, 0.1) is 5.69 Å². The van der Waals surface area contributed by atoms with Crippen LogP contribution in [0, 0.1) is 18.3 Å². The number of hydrogen-bond acceptors (Lipinski definition) is 3. The maximum Gasteiger partial charge on any atom is 0.131 e. The molecular formula is C17H32N4. The van der Waals surface area contributed by atoms with Crippen LogP contribution in [0.1, 0.15) is 51.3 Å². The van der Waals surface area contributed by atoms with Crippen molar-refractivity contribution in [2.75, 3.05) is 25.0 Å². The van der Waals surface area contributed by atoms with Crippen LogP contribution < -0.4 is 10.2 Å². The van der Waals surface area contributed by atoms with E-state index in [9.17, 15) is 0 Å². The summed E-state index contributed by atoms with van der Waals surface area (Å²) in [4.78, 5) is 2.55. The molecule has 1 atom stereocenters.